The minimum absolute atomic E-state index is 0.344. The second-order valence-corrected chi connectivity index (χ2v) is 3.93. The molecule has 18 heavy (non-hydrogen) atoms. The number of nitrogens with zero attached hydrogens (tertiary/aromatic N) is 2. The molecule has 9 nitrogen and oxygen atoms in total. The number of rotatable bonds is 2. The van der Waals surface area contributed by atoms with E-state index >= 15 is 0 Å². The molecule has 0 radical (unpaired) electrons. The lowest BCUT2D eigenvalue weighted by atomic mass is 10.1. The zero-order chi connectivity index (χ0) is 13.4. The Bertz CT molecular complexity index is 504. The Morgan fingerprint density at radius 2 is 2.11 bits per heavy atom. The van der Waals surface area contributed by atoms with Crippen molar-refractivity contribution in [3.8, 4) is 5.75 Å². The van der Waals surface area contributed by atoms with Crippen LogP contribution in [0.25, 0.3) is 0 Å². The molecule has 4 atom stereocenters. The summed E-state index contributed by atoms with van der Waals surface area (Å²) in [5, 5.41) is 37.5. The highest BCUT2D eigenvalue weighted by Crippen LogP contribution is 2.29. The summed E-state index contributed by atoms with van der Waals surface area (Å²) in [7, 11) is 0. The molecule has 2 heterocycles. The summed E-state index contributed by atoms with van der Waals surface area (Å²) in [6.45, 7) is -0.516. The minimum Gasteiger partial charge on any atom is -0.503 e. The average Bonchev–Trinajstić information content (AvgIpc) is 2.61. The molecule has 1 aromatic rings. The van der Waals surface area contributed by atoms with Crippen LogP contribution in [0.4, 0.5) is 5.82 Å². The van der Waals surface area contributed by atoms with Gasteiger partial charge < -0.3 is 30.9 Å². The maximum Gasteiger partial charge on any atom is 0.351 e. The molecule has 1 aliphatic heterocycles. The number of hydrogen-bond acceptors (Lipinski definition) is 8. The van der Waals surface area contributed by atoms with Crippen LogP contribution in [0.1, 0.15) is 6.23 Å². The second-order valence-electron chi connectivity index (χ2n) is 3.93. The highest BCUT2D eigenvalue weighted by molar-refractivity contribution is 5.41. The van der Waals surface area contributed by atoms with E-state index in [-0.39, 0.29) is 5.82 Å². The third kappa shape index (κ3) is 1.93. The Labute approximate surface area is 101 Å². The van der Waals surface area contributed by atoms with Crippen LogP contribution in [0.5, 0.6) is 5.75 Å². The van der Waals surface area contributed by atoms with Crippen molar-refractivity contribution in [3.63, 3.8) is 0 Å². The van der Waals surface area contributed by atoms with E-state index in [0.717, 1.165) is 10.8 Å². The Morgan fingerprint density at radius 1 is 1.44 bits per heavy atom. The lowest BCUT2D eigenvalue weighted by Crippen LogP contribution is -2.36. The second kappa shape index (κ2) is 4.53. The molecular formula is C9H13N3O6. The average molecular weight is 259 g/mol. The molecule has 9 heteroatoms. The van der Waals surface area contributed by atoms with E-state index in [4.69, 9.17) is 15.6 Å². The lowest BCUT2D eigenvalue weighted by molar-refractivity contribution is -0.0551. The number of aliphatic hydroxyl groups excluding tert-OH is 3. The SMILES string of the molecule is Nc1nc(=O)n([C@@H]2O[C@H](CO)[C@@H](O)[C@H]2O)cc1O. The zero-order valence-corrected chi connectivity index (χ0v) is 9.17. The molecule has 0 amide bonds. The molecule has 1 saturated heterocycles. The van der Waals surface area contributed by atoms with E-state index in [2.05, 4.69) is 4.98 Å². The fourth-order valence-corrected chi connectivity index (χ4v) is 1.76. The van der Waals surface area contributed by atoms with Crippen molar-refractivity contribution in [2.75, 3.05) is 12.3 Å². The molecule has 0 spiro atoms. The number of nitrogens with two attached hydrogens (primary N) is 1. The third-order valence-corrected chi connectivity index (χ3v) is 2.75. The predicted octanol–water partition coefficient (Wildman–Crippen LogP) is -2.86. The minimum atomic E-state index is -1.43. The van der Waals surface area contributed by atoms with Crippen LogP contribution in [-0.4, -0.2) is 54.9 Å². The summed E-state index contributed by atoms with van der Waals surface area (Å²) in [4.78, 5) is 14.9. The van der Waals surface area contributed by atoms with E-state index in [1.54, 1.807) is 0 Å². The lowest BCUT2D eigenvalue weighted by Gasteiger charge is -2.17. The molecule has 100 valence electrons. The maximum absolute atomic E-state index is 11.6. The quantitative estimate of drug-likeness (QED) is 0.380. The Hall–Kier alpha value is -1.68. The van der Waals surface area contributed by atoms with Gasteiger partial charge in [-0.2, -0.15) is 4.98 Å². The summed E-state index contributed by atoms with van der Waals surface area (Å²) in [6.07, 6.45) is -4.08. The van der Waals surface area contributed by atoms with E-state index < -0.39 is 42.6 Å². The first kappa shape index (κ1) is 12.8. The first-order valence-corrected chi connectivity index (χ1v) is 5.15. The van der Waals surface area contributed by atoms with E-state index in [0.29, 0.717) is 0 Å². The van der Waals surface area contributed by atoms with Crippen molar-refractivity contribution >= 4 is 5.82 Å². The third-order valence-electron chi connectivity index (χ3n) is 2.75. The number of aliphatic hydroxyl groups is 3. The first-order chi connectivity index (χ1) is 8.45. The number of nitrogen functional groups attached to an aromatic ring is 1. The molecule has 0 aromatic carbocycles. The van der Waals surface area contributed by atoms with Crippen LogP contribution >= 0.6 is 0 Å². The van der Waals surface area contributed by atoms with Gasteiger partial charge in [0.25, 0.3) is 0 Å². The van der Waals surface area contributed by atoms with E-state index in [9.17, 15) is 20.1 Å². The van der Waals surface area contributed by atoms with Gasteiger partial charge in [0.15, 0.2) is 17.8 Å². The number of hydrogen-bond donors (Lipinski definition) is 5. The van der Waals surface area contributed by atoms with Gasteiger partial charge in [-0.3, -0.25) is 4.57 Å². The van der Waals surface area contributed by atoms with E-state index in [1.807, 2.05) is 0 Å². The van der Waals surface area contributed by atoms with Crippen LogP contribution in [-0.2, 0) is 4.74 Å². The van der Waals surface area contributed by atoms with Gasteiger partial charge in [-0.15, -0.1) is 0 Å². The highest BCUT2D eigenvalue weighted by atomic mass is 16.6. The summed E-state index contributed by atoms with van der Waals surface area (Å²) < 4.78 is 5.92. The van der Waals surface area contributed by atoms with Gasteiger partial charge in [0.2, 0.25) is 0 Å². The van der Waals surface area contributed by atoms with Crippen molar-refractivity contribution in [2.24, 2.45) is 0 Å². The normalized spacial score (nSPS) is 31.7. The number of anilines is 1. The van der Waals surface area contributed by atoms with Gasteiger partial charge >= 0.3 is 5.69 Å². The fourth-order valence-electron chi connectivity index (χ4n) is 1.76. The van der Waals surface area contributed by atoms with E-state index in [1.165, 1.54) is 0 Å². The fraction of sp³-hybridized carbons (Fsp3) is 0.556. The predicted molar refractivity (Wildman–Crippen MR) is 57.6 cm³/mol. The van der Waals surface area contributed by atoms with Crippen molar-refractivity contribution in [3.05, 3.63) is 16.7 Å². The van der Waals surface area contributed by atoms with Crippen molar-refractivity contribution in [1.29, 1.82) is 0 Å². The molecule has 2 rings (SSSR count). The van der Waals surface area contributed by atoms with Gasteiger partial charge in [-0.1, -0.05) is 0 Å². The smallest absolute Gasteiger partial charge is 0.351 e. The number of aromatic nitrogens is 2. The van der Waals surface area contributed by atoms with Crippen LogP contribution in [0.2, 0.25) is 0 Å². The first-order valence-electron chi connectivity index (χ1n) is 5.15. The van der Waals surface area contributed by atoms with Crippen molar-refractivity contribution in [1.82, 2.24) is 9.55 Å². The summed E-state index contributed by atoms with van der Waals surface area (Å²) in [5.74, 6) is -0.796. The van der Waals surface area contributed by atoms with Crippen molar-refractivity contribution < 1.29 is 25.2 Å². The molecule has 1 aromatic heterocycles. The maximum atomic E-state index is 11.6. The molecule has 0 unspecified atom stereocenters. The van der Waals surface area contributed by atoms with Crippen molar-refractivity contribution in [2.45, 2.75) is 24.5 Å². The molecule has 0 bridgehead atoms. The Kier molecular flexibility index (Phi) is 3.22. The van der Waals surface area contributed by atoms with Gasteiger partial charge in [0.1, 0.15) is 18.3 Å². The van der Waals surface area contributed by atoms with Gasteiger partial charge in [-0.05, 0) is 0 Å². The highest BCUT2D eigenvalue weighted by Gasteiger charge is 2.43. The standard InChI is InChI=1S/C9H13N3O6/c10-7-3(14)1-12(9(17)11-7)8-6(16)5(15)4(2-13)18-8/h1,4-6,8,13-16H,2H2,(H2,10,11,17)/t4-,5-,6-,8-/m1/s1. The molecule has 1 aliphatic rings. The molecule has 0 saturated carbocycles. The zero-order valence-electron chi connectivity index (χ0n) is 9.17. The van der Waals surface area contributed by atoms with Crippen LogP contribution in [0.3, 0.4) is 0 Å². The summed E-state index contributed by atoms with van der Waals surface area (Å²) in [6, 6.07) is 0. The molecule has 6 N–H and O–H groups in total. The van der Waals surface area contributed by atoms with Crippen LogP contribution in [0.15, 0.2) is 11.0 Å². The monoisotopic (exact) mass is 259 g/mol. The van der Waals surface area contributed by atoms with Gasteiger partial charge in [-0.25, -0.2) is 4.79 Å². The van der Waals surface area contributed by atoms with Gasteiger partial charge in [0, 0.05) is 0 Å². The van der Waals surface area contributed by atoms with Gasteiger partial charge in [0.05, 0.1) is 12.8 Å². The topological polar surface area (TPSA) is 151 Å². The molecule has 1 fully saturated rings. The molecular weight excluding hydrogens is 246 g/mol. The number of ether oxygens (including phenoxy) is 1. The summed E-state index contributed by atoms with van der Waals surface area (Å²) in [5.41, 5.74) is 4.39. The Morgan fingerprint density at radius 3 is 2.67 bits per heavy atom. The largest absolute Gasteiger partial charge is 0.503 e. The van der Waals surface area contributed by atoms with Crippen LogP contribution < -0.4 is 11.4 Å². The number of aromatic hydroxyl groups is 1. The summed E-state index contributed by atoms with van der Waals surface area (Å²) >= 11 is 0. The Balaban J connectivity index is 2.39. The molecule has 0 aliphatic carbocycles. The van der Waals surface area contributed by atoms with Crippen LogP contribution in [0, 0.1) is 0 Å².